The zero-order valence-electron chi connectivity index (χ0n) is 12.6. The topological polar surface area (TPSA) is 32.7 Å². The maximum absolute atomic E-state index is 10.5. The van der Waals surface area contributed by atoms with E-state index in [0.29, 0.717) is 6.54 Å². The molecule has 0 radical (unpaired) electrons. The van der Waals surface area contributed by atoms with Gasteiger partial charge in [-0.3, -0.25) is 4.90 Å². The zero-order chi connectivity index (χ0) is 14.2. The predicted molar refractivity (Wildman–Crippen MR) is 79.8 cm³/mol. The zero-order valence-corrected chi connectivity index (χ0v) is 12.6. The summed E-state index contributed by atoms with van der Waals surface area (Å²) in [5.41, 5.74) is 3.59. The fourth-order valence-corrected chi connectivity index (χ4v) is 3.51. The summed E-state index contributed by atoms with van der Waals surface area (Å²) in [5, 5.41) is 10.5. The van der Waals surface area contributed by atoms with Crippen molar-refractivity contribution >= 4 is 0 Å². The summed E-state index contributed by atoms with van der Waals surface area (Å²) in [7, 11) is 0. The van der Waals surface area contributed by atoms with Gasteiger partial charge >= 0.3 is 0 Å². The Kier molecular flexibility index (Phi) is 3.85. The summed E-state index contributed by atoms with van der Waals surface area (Å²) in [6.45, 7) is 7.61. The van der Waals surface area contributed by atoms with Crippen LogP contribution in [0.2, 0.25) is 0 Å². The third-order valence-electron chi connectivity index (χ3n) is 4.65. The molecule has 1 spiro atoms. The van der Waals surface area contributed by atoms with E-state index in [1.807, 2.05) is 0 Å². The fourth-order valence-electron chi connectivity index (χ4n) is 3.51. The number of aryl methyl sites for hydroxylation is 2. The van der Waals surface area contributed by atoms with Crippen LogP contribution in [-0.2, 0) is 4.74 Å². The van der Waals surface area contributed by atoms with Gasteiger partial charge in [0.15, 0.2) is 0 Å². The molecule has 3 heteroatoms. The average molecular weight is 275 g/mol. The molecule has 1 N–H and O–H groups in total. The molecule has 1 saturated carbocycles. The Labute approximate surface area is 121 Å². The molecule has 110 valence electrons. The monoisotopic (exact) mass is 275 g/mol. The highest BCUT2D eigenvalue weighted by Crippen LogP contribution is 2.38. The maximum atomic E-state index is 10.5. The van der Waals surface area contributed by atoms with Crippen LogP contribution in [0.25, 0.3) is 0 Å². The van der Waals surface area contributed by atoms with Crippen molar-refractivity contribution in [3.63, 3.8) is 0 Å². The first-order valence-corrected chi connectivity index (χ1v) is 7.69. The van der Waals surface area contributed by atoms with Gasteiger partial charge in [0.2, 0.25) is 0 Å². The number of morpholine rings is 1. The van der Waals surface area contributed by atoms with Crippen molar-refractivity contribution in [2.24, 2.45) is 0 Å². The smallest absolute Gasteiger partial charge is 0.0917 e. The SMILES string of the molecule is Cc1cc(C)cc(C(O)CN2CCOC3(CCC3)C2)c1. The summed E-state index contributed by atoms with van der Waals surface area (Å²) in [4.78, 5) is 2.37. The molecule has 0 aromatic heterocycles. The molecule has 2 aliphatic rings. The van der Waals surface area contributed by atoms with E-state index in [9.17, 15) is 5.11 Å². The van der Waals surface area contributed by atoms with Gasteiger partial charge in [-0.1, -0.05) is 29.3 Å². The van der Waals surface area contributed by atoms with Crippen LogP contribution in [0.5, 0.6) is 0 Å². The van der Waals surface area contributed by atoms with Gasteiger partial charge in [0.25, 0.3) is 0 Å². The van der Waals surface area contributed by atoms with Crippen molar-refractivity contribution in [2.75, 3.05) is 26.2 Å². The first-order chi connectivity index (χ1) is 9.56. The van der Waals surface area contributed by atoms with E-state index in [0.717, 1.165) is 25.3 Å². The maximum Gasteiger partial charge on any atom is 0.0917 e. The van der Waals surface area contributed by atoms with Crippen molar-refractivity contribution in [2.45, 2.75) is 44.8 Å². The van der Waals surface area contributed by atoms with Crippen LogP contribution in [0.1, 0.15) is 42.1 Å². The minimum Gasteiger partial charge on any atom is -0.387 e. The molecule has 1 aromatic rings. The van der Waals surface area contributed by atoms with Crippen molar-refractivity contribution in [3.05, 3.63) is 34.9 Å². The van der Waals surface area contributed by atoms with Crippen molar-refractivity contribution < 1.29 is 9.84 Å². The van der Waals surface area contributed by atoms with Gasteiger partial charge in [-0.05, 0) is 38.7 Å². The van der Waals surface area contributed by atoms with Crippen molar-refractivity contribution in [1.29, 1.82) is 0 Å². The van der Waals surface area contributed by atoms with E-state index >= 15 is 0 Å². The van der Waals surface area contributed by atoms with Gasteiger partial charge in [0.1, 0.15) is 0 Å². The summed E-state index contributed by atoms with van der Waals surface area (Å²) in [5.74, 6) is 0. The molecule has 0 amide bonds. The van der Waals surface area contributed by atoms with Crippen LogP contribution in [0, 0.1) is 13.8 Å². The standard InChI is InChI=1S/C17H25NO2/c1-13-8-14(2)10-15(9-13)16(19)11-18-6-7-20-17(12-18)4-3-5-17/h8-10,16,19H,3-7,11-12H2,1-2H3. The van der Waals surface area contributed by atoms with Gasteiger partial charge in [0, 0.05) is 19.6 Å². The Balaban J connectivity index is 1.64. The first kappa shape index (κ1) is 14.1. The third-order valence-corrected chi connectivity index (χ3v) is 4.65. The predicted octanol–water partition coefficient (Wildman–Crippen LogP) is 2.59. The molecule has 3 rings (SSSR count). The molecule has 0 bridgehead atoms. The molecule has 3 nitrogen and oxygen atoms in total. The van der Waals surface area contributed by atoms with E-state index in [1.165, 1.54) is 30.4 Å². The van der Waals surface area contributed by atoms with Crippen LogP contribution < -0.4 is 0 Å². The Morgan fingerprint density at radius 1 is 1.25 bits per heavy atom. The Morgan fingerprint density at radius 3 is 2.55 bits per heavy atom. The highest BCUT2D eigenvalue weighted by atomic mass is 16.5. The van der Waals surface area contributed by atoms with E-state index in [-0.39, 0.29) is 5.60 Å². The van der Waals surface area contributed by atoms with Crippen LogP contribution in [0.4, 0.5) is 0 Å². The molecule has 1 saturated heterocycles. The Bertz CT molecular complexity index is 462. The minimum atomic E-state index is -0.399. The van der Waals surface area contributed by atoms with E-state index in [2.05, 4.69) is 36.9 Å². The number of β-amino-alcohol motifs (C(OH)–C–C–N with tert-alkyl or cyclic N) is 1. The fraction of sp³-hybridized carbons (Fsp3) is 0.647. The molecular formula is C17H25NO2. The second kappa shape index (κ2) is 5.47. The van der Waals surface area contributed by atoms with Gasteiger partial charge < -0.3 is 9.84 Å². The molecule has 1 unspecified atom stereocenters. The number of aliphatic hydroxyl groups excluding tert-OH is 1. The first-order valence-electron chi connectivity index (χ1n) is 7.69. The number of benzene rings is 1. The normalized spacial score (nSPS) is 23.6. The van der Waals surface area contributed by atoms with E-state index in [1.54, 1.807) is 0 Å². The van der Waals surface area contributed by atoms with E-state index < -0.39 is 6.10 Å². The van der Waals surface area contributed by atoms with Gasteiger partial charge in [-0.15, -0.1) is 0 Å². The largest absolute Gasteiger partial charge is 0.387 e. The van der Waals surface area contributed by atoms with E-state index in [4.69, 9.17) is 4.74 Å². The number of hydrogen-bond donors (Lipinski definition) is 1. The molecular weight excluding hydrogens is 250 g/mol. The summed E-state index contributed by atoms with van der Waals surface area (Å²) >= 11 is 0. The molecule has 1 heterocycles. The number of hydrogen-bond acceptors (Lipinski definition) is 3. The lowest BCUT2D eigenvalue weighted by atomic mass is 9.79. The van der Waals surface area contributed by atoms with Crippen LogP contribution in [0.15, 0.2) is 18.2 Å². The quantitative estimate of drug-likeness (QED) is 0.920. The van der Waals surface area contributed by atoms with Crippen LogP contribution >= 0.6 is 0 Å². The number of nitrogens with zero attached hydrogens (tertiary/aromatic N) is 1. The lowest BCUT2D eigenvalue weighted by Crippen LogP contribution is -2.56. The number of rotatable bonds is 3. The van der Waals surface area contributed by atoms with Gasteiger partial charge in [0.05, 0.1) is 18.3 Å². The second-order valence-electron chi connectivity index (χ2n) is 6.56. The lowest BCUT2D eigenvalue weighted by molar-refractivity contribution is -0.155. The molecule has 20 heavy (non-hydrogen) atoms. The summed E-state index contributed by atoms with van der Waals surface area (Å²) in [6, 6.07) is 6.34. The third kappa shape index (κ3) is 2.90. The highest BCUT2D eigenvalue weighted by molar-refractivity contribution is 5.30. The van der Waals surface area contributed by atoms with Crippen LogP contribution in [-0.4, -0.2) is 41.8 Å². The van der Waals surface area contributed by atoms with Gasteiger partial charge in [-0.25, -0.2) is 0 Å². The molecule has 1 aliphatic carbocycles. The summed E-state index contributed by atoms with van der Waals surface area (Å²) in [6.07, 6.45) is 3.25. The highest BCUT2D eigenvalue weighted by Gasteiger charge is 2.42. The van der Waals surface area contributed by atoms with Gasteiger partial charge in [-0.2, -0.15) is 0 Å². The van der Waals surface area contributed by atoms with Crippen molar-refractivity contribution in [1.82, 2.24) is 4.90 Å². The average Bonchev–Trinajstić information content (AvgIpc) is 2.36. The Hall–Kier alpha value is -0.900. The molecule has 1 aromatic carbocycles. The minimum absolute atomic E-state index is 0.112. The molecule has 1 aliphatic heterocycles. The second-order valence-corrected chi connectivity index (χ2v) is 6.56. The van der Waals surface area contributed by atoms with Crippen LogP contribution in [0.3, 0.4) is 0 Å². The molecule has 1 atom stereocenters. The lowest BCUT2D eigenvalue weighted by Gasteiger charge is -2.48. The summed E-state index contributed by atoms with van der Waals surface area (Å²) < 4.78 is 5.93. The Morgan fingerprint density at radius 2 is 1.95 bits per heavy atom. The van der Waals surface area contributed by atoms with Crippen molar-refractivity contribution in [3.8, 4) is 0 Å². The molecule has 2 fully saturated rings. The number of ether oxygens (including phenoxy) is 1. The number of aliphatic hydroxyl groups is 1.